The van der Waals surface area contributed by atoms with Crippen molar-refractivity contribution in [2.75, 3.05) is 13.1 Å². The highest BCUT2D eigenvalue weighted by Crippen LogP contribution is 1.95. The van der Waals surface area contributed by atoms with Crippen molar-refractivity contribution in [1.82, 2.24) is 10.6 Å². The lowest BCUT2D eigenvalue weighted by Crippen LogP contribution is -2.35. The van der Waals surface area contributed by atoms with Crippen LogP contribution in [0.2, 0.25) is 0 Å². The maximum absolute atomic E-state index is 10.5. The zero-order valence-corrected chi connectivity index (χ0v) is 8.67. The molecule has 0 saturated heterocycles. The normalized spacial score (nSPS) is 12.1. The van der Waals surface area contributed by atoms with Gasteiger partial charge in [-0.05, 0) is 13.3 Å². The molecule has 0 aromatic rings. The molecular formula is C9H18N2O3. The third kappa shape index (κ3) is 8.99. The van der Waals surface area contributed by atoms with E-state index < -0.39 is 5.97 Å². The summed E-state index contributed by atoms with van der Waals surface area (Å²) in [6.45, 7) is 4.64. The Morgan fingerprint density at radius 1 is 1.36 bits per heavy atom. The molecule has 82 valence electrons. The van der Waals surface area contributed by atoms with Crippen molar-refractivity contribution >= 4 is 11.9 Å². The van der Waals surface area contributed by atoms with Crippen LogP contribution in [0.4, 0.5) is 0 Å². The van der Waals surface area contributed by atoms with Gasteiger partial charge in [0.15, 0.2) is 0 Å². The van der Waals surface area contributed by atoms with Crippen molar-refractivity contribution in [3.63, 3.8) is 0 Å². The topological polar surface area (TPSA) is 78.4 Å². The van der Waals surface area contributed by atoms with E-state index in [1.807, 2.05) is 6.92 Å². The van der Waals surface area contributed by atoms with Gasteiger partial charge in [0.25, 0.3) is 0 Å². The highest BCUT2D eigenvalue weighted by atomic mass is 16.4. The van der Waals surface area contributed by atoms with Crippen molar-refractivity contribution in [2.24, 2.45) is 0 Å². The van der Waals surface area contributed by atoms with E-state index in [0.29, 0.717) is 19.5 Å². The molecular weight excluding hydrogens is 184 g/mol. The highest BCUT2D eigenvalue weighted by Gasteiger charge is 2.03. The monoisotopic (exact) mass is 202 g/mol. The van der Waals surface area contributed by atoms with Crippen LogP contribution in [0.15, 0.2) is 0 Å². The number of nitrogens with one attached hydrogen (secondary N) is 2. The van der Waals surface area contributed by atoms with Gasteiger partial charge in [0.2, 0.25) is 5.91 Å². The van der Waals surface area contributed by atoms with Crippen LogP contribution in [-0.4, -0.2) is 36.1 Å². The molecule has 0 aliphatic rings. The van der Waals surface area contributed by atoms with Gasteiger partial charge in [-0.3, -0.25) is 9.59 Å². The second-order valence-electron chi connectivity index (χ2n) is 3.27. The first-order chi connectivity index (χ1) is 6.52. The fourth-order valence-corrected chi connectivity index (χ4v) is 0.999. The van der Waals surface area contributed by atoms with E-state index in [9.17, 15) is 9.59 Å². The molecule has 0 aromatic heterocycles. The molecule has 0 radical (unpaired) electrons. The van der Waals surface area contributed by atoms with Gasteiger partial charge < -0.3 is 15.7 Å². The Morgan fingerprint density at radius 2 is 2.00 bits per heavy atom. The van der Waals surface area contributed by atoms with Crippen LogP contribution >= 0.6 is 0 Å². The number of amides is 1. The fraction of sp³-hybridized carbons (Fsp3) is 0.778. The zero-order valence-electron chi connectivity index (χ0n) is 8.67. The minimum absolute atomic E-state index is 0.0509. The number of rotatable bonds is 7. The van der Waals surface area contributed by atoms with Gasteiger partial charge in [0, 0.05) is 32.5 Å². The van der Waals surface area contributed by atoms with Crippen LogP contribution in [0.25, 0.3) is 0 Å². The van der Waals surface area contributed by atoms with E-state index in [1.54, 1.807) is 0 Å². The molecule has 0 heterocycles. The first kappa shape index (κ1) is 12.9. The average molecular weight is 202 g/mol. The summed E-state index contributed by atoms with van der Waals surface area (Å²) in [5.41, 5.74) is 0. The Bertz CT molecular complexity index is 194. The summed E-state index contributed by atoms with van der Waals surface area (Å²) >= 11 is 0. The lowest BCUT2D eigenvalue weighted by Gasteiger charge is -2.12. The molecule has 0 aliphatic carbocycles. The SMILES string of the molecule is CC(=O)NCCNC(C)CCC(=O)O. The number of hydrogen-bond donors (Lipinski definition) is 3. The van der Waals surface area contributed by atoms with Gasteiger partial charge in [-0.2, -0.15) is 0 Å². The number of carbonyl (C=O) groups is 2. The predicted octanol–water partition coefficient (Wildman–Crippen LogP) is -0.0346. The summed E-state index contributed by atoms with van der Waals surface area (Å²) in [6, 6.07) is 0.167. The van der Waals surface area contributed by atoms with Crippen LogP contribution in [0.5, 0.6) is 0 Å². The minimum Gasteiger partial charge on any atom is -0.481 e. The van der Waals surface area contributed by atoms with Crippen LogP contribution in [0, 0.1) is 0 Å². The maximum Gasteiger partial charge on any atom is 0.303 e. The minimum atomic E-state index is -0.777. The fourth-order valence-electron chi connectivity index (χ4n) is 0.999. The first-order valence-electron chi connectivity index (χ1n) is 4.72. The van der Waals surface area contributed by atoms with Gasteiger partial charge in [-0.25, -0.2) is 0 Å². The second kappa shape index (κ2) is 7.32. The average Bonchev–Trinajstić information content (AvgIpc) is 2.08. The molecule has 0 fully saturated rings. The van der Waals surface area contributed by atoms with Crippen molar-refractivity contribution in [1.29, 1.82) is 0 Å². The largest absolute Gasteiger partial charge is 0.481 e. The molecule has 0 bridgehead atoms. The highest BCUT2D eigenvalue weighted by molar-refractivity contribution is 5.72. The summed E-state index contributed by atoms with van der Waals surface area (Å²) in [5, 5.41) is 14.2. The van der Waals surface area contributed by atoms with E-state index in [4.69, 9.17) is 5.11 Å². The number of hydrogen-bond acceptors (Lipinski definition) is 3. The maximum atomic E-state index is 10.5. The molecule has 1 unspecified atom stereocenters. The van der Waals surface area contributed by atoms with Gasteiger partial charge in [-0.1, -0.05) is 0 Å². The molecule has 0 aromatic carbocycles. The third-order valence-electron chi connectivity index (χ3n) is 1.78. The predicted molar refractivity (Wildman–Crippen MR) is 53.0 cm³/mol. The standard InChI is InChI=1S/C9H18N2O3/c1-7(3-4-9(13)14)10-5-6-11-8(2)12/h7,10H,3-6H2,1-2H3,(H,11,12)(H,13,14). The molecule has 1 atom stereocenters. The van der Waals surface area contributed by atoms with Crippen molar-refractivity contribution in [3.8, 4) is 0 Å². The summed E-state index contributed by atoms with van der Waals surface area (Å²) in [4.78, 5) is 20.7. The van der Waals surface area contributed by atoms with Gasteiger partial charge in [0.1, 0.15) is 0 Å². The number of carbonyl (C=O) groups excluding carboxylic acids is 1. The summed E-state index contributed by atoms with van der Waals surface area (Å²) in [5.74, 6) is -0.828. The van der Waals surface area contributed by atoms with Crippen molar-refractivity contribution in [2.45, 2.75) is 32.7 Å². The van der Waals surface area contributed by atoms with Crippen LogP contribution < -0.4 is 10.6 Å². The quantitative estimate of drug-likeness (QED) is 0.506. The van der Waals surface area contributed by atoms with Crippen LogP contribution in [0.3, 0.4) is 0 Å². The van der Waals surface area contributed by atoms with Crippen molar-refractivity contribution in [3.05, 3.63) is 0 Å². The Morgan fingerprint density at radius 3 is 2.50 bits per heavy atom. The Hall–Kier alpha value is -1.10. The molecule has 5 heteroatoms. The first-order valence-corrected chi connectivity index (χ1v) is 4.72. The van der Waals surface area contributed by atoms with E-state index in [1.165, 1.54) is 6.92 Å². The Kier molecular flexibility index (Phi) is 6.74. The summed E-state index contributed by atoms with van der Waals surface area (Å²) in [7, 11) is 0. The Labute approximate surface area is 83.9 Å². The molecule has 0 saturated carbocycles. The van der Waals surface area contributed by atoms with E-state index in [2.05, 4.69) is 10.6 Å². The summed E-state index contributed by atoms with van der Waals surface area (Å²) < 4.78 is 0. The zero-order chi connectivity index (χ0) is 11.0. The van der Waals surface area contributed by atoms with Gasteiger partial charge >= 0.3 is 5.97 Å². The van der Waals surface area contributed by atoms with Crippen LogP contribution in [0.1, 0.15) is 26.7 Å². The summed E-state index contributed by atoms with van der Waals surface area (Å²) in [6.07, 6.45) is 0.781. The lowest BCUT2D eigenvalue weighted by atomic mass is 10.2. The number of aliphatic carboxylic acids is 1. The third-order valence-corrected chi connectivity index (χ3v) is 1.78. The van der Waals surface area contributed by atoms with Gasteiger partial charge in [0.05, 0.1) is 0 Å². The molecule has 0 aliphatic heterocycles. The molecule has 14 heavy (non-hydrogen) atoms. The van der Waals surface area contributed by atoms with Crippen LogP contribution in [-0.2, 0) is 9.59 Å². The molecule has 0 rings (SSSR count). The molecule has 0 spiro atoms. The second-order valence-corrected chi connectivity index (χ2v) is 3.27. The lowest BCUT2D eigenvalue weighted by molar-refractivity contribution is -0.137. The number of carboxylic acid groups (broad SMARTS) is 1. The van der Waals surface area contributed by atoms with E-state index in [-0.39, 0.29) is 18.4 Å². The van der Waals surface area contributed by atoms with Gasteiger partial charge in [-0.15, -0.1) is 0 Å². The Balaban J connectivity index is 3.30. The van der Waals surface area contributed by atoms with E-state index >= 15 is 0 Å². The molecule has 5 nitrogen and oxygen atoms in total. The van der Waals surface area contributed by atoms with E-state index in [0.717, 1.165) is 0 Å². The molecule has 1 amide bonds. The molecule has 3 N–H and O–H groups in total. The smallest absolute Gasteiger partial charge is 0.303 e. The van der Waals surface area contributed by atoms with Crippen molar-refractivity contribution < 1.29 is 14.7 Å². The number of carboxylic acids is 1.